The van der Waals surface area contributed by atoms with Crippen molar-refractivity contribution in [1.29, 1.82) is 5.26 Å². The molecular weight excluding hydrogens is 530 g/mol. The van der Waals surface area contributed by atoms with E-state index in [0.29, 0.717) is 18.1 Å². The zero-order chi connectivity index (χ0) is 29.5. The van der Waals surface area contributed by atoms with Gasteiger partial charge in [0, 0.05) is 30.6 Å². The number of likely N-dealkylation sites (tertiary alicyclic amines) is 1. The molecule has 3 heterocycles. The summed E-state index contributed by atoms with van der Waals surface area (Å²) in [6, 6.07) is 13.9. The zero-order valence-corrected chi connectivity index (χ0v) is 24.9. The van der Waals surface area contributed by atoms with E-state index in [0.717, 1.165) is 98.0 Å². The summed E-state index contributed by atoms with van der Waals surface area (Å²) in [6.07, 6.45) is 10.4. The highest BCUT2D eigenvalue weighted by Crippen LogP contribution is 2.31. The molecule has 3 aromatic rings. The molecule has 0 aliphatic carbocycles. The van der Waals surface area contributed by atoms with Crippen molar-refractivity contribution in [2.75, 3.05) is 19.7 Å². The largest absolute Gasteiger partial charge is 0.444 e. The Labute approximate surface area is 248 Å². The molecule has 0 saturated carbocycles. The first-order valence-corrected chi connectivity index (χ1v) is 15.1. The van der Waals surface area contributed by atoms with Crippen molar-refractivity contribution < 1.29 is 23.5 Å². The average molecular weight is 572 g/mol. The van der Waals surface area contributed by atoms with E-state index in [1.807, 2.05) is 56.0 Å². The lowest BCUT2D eigenvalue weighted by atomic mass is 9.91. The number of nitrogens with zero attached hydrogens (tertiary/aromatic N) is 3. The van der Waals surface area contributed by atoms with Crippen LogP contribution in [0, 0.1) is 17.2 Å². The van der Waals surface area contributed by atoms with Crippen LogP contribution in [-0.2, 0) is 27.2 Å². The van der Waals surface area contributed by atoms with Gasteiger partial charge in [0.25, 0.3) is 0 Å². The summed E-state index contributed by atoms with van der Waals surface area (Å²) < 4.78 is 23.5. The zero-order valence-electron chi connectivity index (χ0n) is 24.9. The van der Waals surface area contributed by atoms with Gasteiger partial charge in [-0.1, -0.05) is 35.5 Å². The molecule has 0 spiro atoms. The highest BCUT2D eigenvalue weighted by Gasteiger charge is 2.27. The number of aryl methyl sites for hydroxylation is 1. The molecule has 8 nitrogen and oxygen atoms in total. The molecule has 1 amide bonds. The van der Waals surface area contributed by atoms with Crippen molar-refractivity contribution in [1.82, 2.24) is 10.1 Å². The fraction of sp³-hybridized carbons (Fsp3) is 0.500. The van der Waals surface area contributed by atoms with E-state index < -0.39 is 5.60 Å². The monoisotopic (exact) mass is 571 g/mol. The van der Waals surface area contributed by atoms with E-state index in [9.17, 15) is 4.79 Å². The molecule has 1 unspecified atom stereocenters. The molecule has 2 aromatic carbocycles. The maximum Gasteiger partial charge on any atom is 0.410 e. The lowest BCUT2D eigenvalue weighted by molar-refractivity contribution is -0.168. The third kappa shape index (κ3) is 7.78. The van der Waals surface area contributed by atoms with E-state index in [-0.39, 0.29) is 12.4 Å². The lowest BCUT2D eigenvalue weighted by Gasteiger charge is -2.33. The Bertz CT molecular complexity index is 1420. The van der Waals surface area contributed by atoms with Crippen LogP contribution in [0.3, 0.4) is 0 Å². The molecule has 42 heavy (non-hydrogen) atoms. The van der Waals surface area contributed by atoms with Crippen LogP contribution in [-0.4, -0.2) is 47.7 Å². The second-order valence-electron chi connectivity index (χ2n) is 12.3. The molecule has 2 aliphatic rings. The number of amides is 1. The number of carbonyl (C=O) groups is 1. The number of aromatic nitrogens is 1. The quantitative estimate of drug-likeness (QED) is 0.258. The van der Waals surface area contributed by atoms with E-state index >= 15 is 0 Å². The Morgan fingerprint density at radius 3 is 2.57 bits per heavy atom. The summed E-state index contributed by atoms with van der Waals surface area (Å²) in [7, 11) is 0. The number of carbonyl (C=O) groups excluding carboxylic acids is 1. The van der Waals surface area contributed by atoms with Gasteiger partial charge in [-0.3, -0.25) is 0 Å². The predicted molar refractivity (Wildman–Crippen MR) is 161 cm³/mol. The maximum absolute atomic E-state index is 12.4. The number of benzene rings is 2. The van der Waals surface area contributed by atoms with Crippen LogP contribution < -0.4 is 0 Å². The molecule has 2 aliphatic heterocycles. The van der Waals surface area contributed by atoms with Crippen LogP contribution in [0.25, 0.3) is 23.1 Å². The van der Waals surface area contributed by atoms with Crippen LogP contribution in [0.4, 0.5) is 4.79 Å². The second-order valence-corrected chi connectivity index (χ2v) is 12.3. The molecule has 1 aromatic heterocycles. The van der Waals surface area contributed by atoms with Gasteiger partial charge in [0.2, 0.25) is 0 Å². The van der Waals surface area contributed by atoms with Gasteiger partial charge >= 0.3 is 6.09 Å². The number of nitriles is 1. The molecule has 222 valence electrons. The Morgan fingerprint density at radius 2 is 1.88 bits per heavy atom. The lowest BCUT2D eigenvalue weighted by Crippen LogP contribution is -2.41. The highest BCUT2D eigenvalue weighted by molar-refractivity contribution is 5.87. The van der Waals surface area contributed by atoms with Gasteiger partial charge in [-0.2, -0.15) is 5.26 Å². The van der Waals surface area contributed by atoms with E-state index in [1.165, 1.54) is 0 Å². The fourth-order valence-corrected chi connectivity index (χ4v) is 5.56. The number of rotatable bonds is 8. The molecule has 2 saturated heterocycles. The maximum atomic E-state index is 12.4. The van der Waals surface area contributed by atoms with Crippen molar-refractivity contribution in [3.63, 3.8) is 0 Å². The Morgan fingerprint density at radius 1 is 1.10 bits per heavy atom. The summed E-state index contributed by atoms with van der Waals surface area (Å²) in [5.74, 6) is 0.524. The summed E-state index contributed by atoms with van der Waals surface area (Å²) in [4.78, 5) is 14.2. The SMILES string of the molecule is CC(C)(C)OC(=O)N1CCC(CCc2noc3c(COC4CCCCO4)c(C=Cc4ccc(C#N)cc4)ccc23)CC1. The van der Waals surface area contributed by atoms with Crippen LogP contribution in [0.2, 0.25) is 0 Å². The molecule has 0 bridgehead atoms. The van der Waals surface area contributed by atoms with Gasteiger partial charge < -0.3 is 23.6 Å². The fourth-order valence-electron chi connectivity index (χ4n) is 5.56. The van der Waals surface area contributed by atoms with E-state index in [2.05, 4.69) is 29.4 Å². The van der Waals surface area contributed by atoms with Gasteiger partial charge in [-0.25, -0.2) is 4.79 Å². The van der Waals surface area contributed by atoms with Crippen LogP contribution in [0.15, 0.2) is 40.9 Å². The first-order chi connectivity index (χ1) is 20.3. The standard InChI is InChI=1S/C34H41N3O5/c1-34(2,3)41-33(38)37-19-17-25(18-20-37)12-16-30-28-15-14-27(13-11-24-7-9-26(22-35)10-8-24)29(32(28)42-36-30)23-40-31-6-4-5-21-39-31/h7-11,13-15,25,31H,4-6,12,16-21,23H2,1-3H3. The van der Waals surface area contributed by atoms with Crippen molar-refractivity contribution in [3.05, 3.63) is 64.3 Å². The van der Waals surface area contributed by atoms with Gasteiger partial charge in [0.1, 0.15) is 5.60 Å². The van der Waals surface area contributed by atoms with E-state index in [1.54, 1.807) is 0 Å². The van der Waals surface area contributed by atoms with Crippen LogP contribution in [0.1, 0.15) is 87.2 Å². The van der Waals surface area contributed by atoms with Gasteiger partial charge in [-0.15, -0.1) is 0 Å². The highest BCUT2D eigenvalue weighted by atomic mass is 16.7. The number of piperidine rings is 1. The third-order valence-corrected chi connectivity index (χ3v) is 7.96. The molecule has 0 N–H and O–H groups in total. The topological polar surface area (TPSA) is 97.8 Å². The summed E-state index contributed by atoms with van der Waals surface area (Å²) in [6.45, 7) is 8.23. The second kappa shape index (κ2) is 13.5. The van der Waals surface area contributed by atoms with Gasteiger partial charge in [0.05, 0.1) is 23.9 Å². The Balaban J connectivity index is 1.28. The van der Waals surface area contributed by atoms with Crippen molar-refractivity contribution in [3.8, 4) is 6.07 Å². The van der Waals surface area contributed by atoms with Crippen molar-refractivity contribution in [2.24, 2.45) is 5.92 Å². The Hall–Kier alpha value is -3.67. The van der Waals surface area contributed by atoms with Gasteiger partial charge in [0.15, 0.2) is 11.9 Å². The average Bonchev–Trinajstić information content (AvgIpc) is 3.41. The number of hydrogen-bond acceptors (Lipinski definition) is 7. The summed E-state index contributed by atoms with van der Waals surface area (Å²) in [5.41, 5.74) is 4.83. The van der Waals surface area contributed by atoms with Crippen molar-refractivity contribution in [2.45, 2.75) is 84.2 Å². The summed E-state index contributed by atoms with van der Waals surface area (Å²) >= 11 is 0. The smallest absolute Gasteiger partial charge is 0.410 e. The molecule has 5 rings (SSSR count). The number of hydrogen-bond donors (Lipinski definition) is 0. The normalized spacial score (nSPS) is 18.4. The molecule has 8 heteroatoms. The first kappa shape index (κ1) is 29.8. The van der Waals surface area contributed by atoms with Crippen LogP contribution in [0.5, 0.6) is 0 Å². The minimum atomic E-state index is -0.478. The number of ether oxygens (including phenoxy) is 3. The van der Waals surface area contributed by atoms with Crippen molar-refractivity contribution >= 4 is 29.2 Å². The summed E-state index contributed by atoms with van der Waals surface area (Å²) in [5, 5.41) is 14.6. The van der Waals surface area contributed by atoms with Gasteiger partial charge in [-0.05, 0) is 101 Å². The molecule has 1 atom stereocenters. The first-order valence-electron chi connectivity index (χ1n) is 15.1. The predicted octanol–water partition coefficient (Wildman–Crippen LogP) is 7.49. The molecule has 2 fully saturated rings. The minimum absolute atomic E-state index is 0.210. The van der Waals surface area contributed by atoms with E-state index in [4.69, 9.17) is 24.0 Å². The number of fused-ring (bicyclic) bond motifs is 1. The minimum Gasteiger partial charge on any atom is -0.444 e. The third-order valence-electron chi connectivity index (χ3n) is 7.96. The molecular formula is C34H41N3O5. The van der Waals surface area contributed by atoms with Crippen LogP contribution >= 0.6 is 0 Å². The molecule has 0 radical (unpaired) electrons. The Kier molecular flexibility index (Phi) is 9.61.